The van der Waals surface area contributed by atoms with Gasteiger partial charge in [0.05, 0.1) is 6.54 Å². The summed E-state index contributed by atoms with van der Waals surface area (Å²) in [6.07, 6.45) is 1.30. The molecule has 3 rings (SSSR count). The van der Waals surface area contributed by atoms with E-state index in [-0.39, 0.29) is 0 Å². The summed E-state index contributed by atoms with van der Waals surface area (Å²) < 4.78 is 5.19. The van der Waals surface area contributed by atoms with Crippen molar-refractivity contribution in [1.82, 2.24) is 25.3 Å². The van der Waals surface area contributed by atoms with E-state index in [1.54, 1.807) is 0 Å². The number of hydrogen-bond donors (Lipinski definition) is 1. The molecule has 1 aromatic rings. The van der Waals surface area contributed by atoms with Crippen molar-refractivity contribution in [1.29, 1.82) is 0 Å². The Hall–Kier alpha value is -0.980. The summed E-state index contributed by atoms with van der Waals surface area (Å²) >= 11 is 0. The quantitative estimate of drug-likeness (QED) is 0.866. The zero-order chi connectivity index (χ0) is 14.0. The lowest BCUT2D eigenvalue weighted by Crippen LogP contribution is -2.49. The molecule has 2 aliphatic heterocycles. The maximum absolute atomic E-state index is 5.19. The van der Waals surface area contributed by atoms with Crippen LogP contribution in [0.4, 0.5) is 0 Å². The largest absolute Gasteiger partial charge is 0.338 e. The highest BCUT2D eigenvalue weighted by molar-refractivity contribution is 4.89. The average Bonchev–Trinajstić information content (AvgIpc) is 3.01. The Bertz CT molecular complexity index is 433. The van der Waals surface area contributed by atoms with E-state index in [2.05, 4.69) is 32.2 Å². The zero-order valence-electron chi connectivity index (χ0n) is 12.6. The maximum Gasteiger partial charge on any atom is 0.240 e. The fraction of sp³-hybridized carbons (Fsp3) is 0.857. The van der Waals surface area contributed by atoms with Gasteiger partial charge in [-0.1, -0.05) is 12.1 Å². The molecule has 1 aromatic heterocycles. The van der Waals surface area contributed by atoms with Crippen LogP contribution in [0.25, 0.3) is 0 Å². The first-order chi connectivity index (χ1) is 9.63. The van der Waals surface area contributed by atoms with Gasteiger partial charge >= 0.3 is 0 Å². The van der Waals surface area contributed by atoms with Gasteiger partial charge in [0.15, 0.2) is 5.82 Å². The van der Waals surface area contributed by atoms with Gasteiger partial charge in [0.2, 0.25) is 5.89 Å². The maximum atomic E-state index is 5.19. The highest BCUT2D eigenvalue weighted by Crippen LogP contribution is 2.26. The molecule has 2 saturated heterocycles. The Balaban J connectivity index is 1.45. The second-order valence-corrected chi connectivity index (χ2v) is 6.53. The molecule has 20 heavy (non-hydrogen) atoms. The molecule has 0 radical (unpaired) electrons. The first-order valence-electron chi connectivity index (χ1n) is 7.58. The van der Waals surface area contributed by atoms with E-state index in [9.17, 15) is 0 Å². The van der Waals surface area contributed by atoms with Gasteiger partial charge in [-0.15, -0.1) is 0 Å². The molecule has 1 N–H and O–H groups in total. The predicted octanol–water partition coefficient (Wildman–Crippen LogP) is 0.495. The van der Waals surface area contributed by atoms with Crippen LogP contribution in [0.1, 0.15) is 25.1 Å². The SMILES string of the molecule is Cc1noc(CN2CCN(CC3(C)CCNC3)CC2)n1. The van der Waals surface area contributed by atoms with Crippen molar-refractivity contribution >= 4 is 0 Å². The Morgan fingerprint density at radius 1 is 1.25 bits per heavy atom. The number of rotatable bonds is 4. The van der Waals surface area contributed by atoms with E-state index < -0.39 is 0 Å². The van der Waals surface area contributed by atoms with E-state index >= 15 is 0 Å². The highest BCUT2D eigenvalue weighted by Gasteiger charge is 2.31. The van der Waals surface area contributed by atoms with Gasteiger partial charge in [-0.2, -0.15) is 4.98 Å². The minimum absolute atomic E-state index is 0.464. The Kier molecular flexibility index (Phi) is 4.05. The number of nitrogens with one attached hydrogen (secondary N) is 1. The van der Waals surface area contributed by atoms with Crippen LogP contribution in [-0.4, -0.2) is 65.8 Å². The van der Waals surface area contributed by atoms with Crippen molar-refractivity contribution in [3.8, 4) is 0 Å². The summed E-state index contributed by atoms with van der Waals surface area (Å²) in [5.74, 6) is 1.46. The molecular formula is C14H25N5O. The van der Waals surface area contributed by atoms with Crippen LogP contribution in [0.3, 0.4) is 0 Å². The van der Waals surface area contributed by atoms with E-state index in [1.807, 2.05) is 6.92 Å². The molecule has 0 bridgehead atoms. The van der Waals surface area contributed by atoms with Gasteiger partial charge in [-0.05, 0) is 25.3 Å². The number of hydrogen-bond acceptors (Lipinski definition) is 6. The molecule has 0 saturated carbocycles. The van der Waals surface area contributed by atoms with Crippen LogP contribution in [-0.2, 0) is 6.54 Å². The molecule has 3 heterocycles. The van der Waals surface area contributed by atoms with Crippen molar-refractivity contribution in [3.05, 3.63) is 11.7 Å². The highest BCUT2D eigenvalue weighted by atomic mass is 16.5. The Morgan fingerprint density at radius 3 is 2.60 bits per heavy atom. The molecule has 0 aliphatic carbocycles. The minimum atomic E-state index is 0.464. The standard InChI is InChI=1S/C14H25N5O/c1-12-16-13(20-17-12)9-18-5-7-19(8-6-18)11-14(2)3-4-15-10-14/h15H,3-11H2,1-2H3. The third-order valence-corrected chi connectivity index (χ3v) is 4.46. The molecule has 2 fully saturated rings. The van der Waals surface area contributed by atoms with Gasteiger partial charge in [0.1, 0.15) is 0 Å². The van der Waals surface area contributed by atoms with E-state index in [0.29, 0.717) is 5.41 Å². The monoisotopic (exact) mass is 279 g/mol. The number of aryl methyl sites for hydroxylation is 1. The van der Waals surface area contributed by atoms with Gasteiger partial charge in [-0.25, -0.2) is 0 Å². The van der Waals surface area contributed by atoms with Crippen LogP contribution in [0.5, 0.6) is 0 Å². The third-order valence-electron chi connectivity index (χ3n) is 4.46. The van der Waals surface area contributed by atoms with E-state index in [1.165, 1.54) is 19.5 Å². The van der Waals surface area contributed by atoms with Crippen LogP contribution in [0.15, 0.2) is 4.52 Å². The lowest BCUT2D eigenvalue weighted by atomic mass is 9.89. The second kappa shape index (κ2) is 5.79. The van der Waals surface area contributed by atoms with Crippen LogP contribution < -0.4 is 5.32 Å². The average molecular weight is 279 g/mol. The number of nitrogens with zero attached hydrogens (tertiary/aromatic N) is 4. The topological polar surface area (TPSA) is 57.4 Å². The molecule has 6 heteroatoms. The first-order valence-corrected chi connectivity index (χ1v) is 7.58. The van der Waals surface area contributed by atoms with Crippen molar-refractivity contribution < 1.29 is 4.52 Å². The van der Waals surface area contributed by atoms with E-state index in [4.69, 9.17) is 4.52 Å². The Morgan fingerprint density at radius 2 is 2.00 bits per heavy atom. The molecule has 1 unspecified atom stereocenters. The van der Waals surface area contributed by atoms with Crippen LogP contribution in [0.2, 0.25) is 0 Å². The predicted molar refractivity (Wildman–Crippen MR) is 76.3 cm³/mol. The lowest BCUT2D eigenvalue weighted by molar-refractivity contribution is 0.0869. The fourth-order valence-electron chi connectivity index (χ4n) is 3.24. The molecule has 1 atom stereocenters. The van der Waals surface area contributed by atoms with E-state index in [0.717, 1.165) is 51.0 Å². The summed E-state index contributed by atoms with van der Waals surface area (Å²) in [6.45, 7) is 13.1. The Labute approximate surface area is 120 Å². The smallest absolute Gasteiger partial charge is 0.240 e. The molecule has 0 aromatic carbocycles. The summed E-state index contributed by atoms with van der Waals surface area (Å²) in [4.78, 5) is 9.28. The molecule has 2 aliphatic rings. The number of piperazine rings is 1. The van der Waals surface area contributed by atoms with Crippen molar-refractivity contribution in [2.45, 2.75) is 26.8 Å². The zero-order valence-corrected chi connectivity index (χ0v) is 12.6. The first kappa shape index (κ1) is 14.0. The van der Waals surface area contributed by atoms with Crippen LogP contribution in [0, 0.1) is 12.3 Å². The van der Waals surface area contributed by atoms with Gasteiger partial charge in [0.25, 0.3) is 0 Å². The molecule has 112 valence electrons. The molecule has 0 spiro atoms. The lowest BCUT2D eigenvalue weighted by Gasteiger charge is -2.38. The summed E-state index contributed by atoms with van der Waals surface area (Å²) in [5.41, 5.74) is 0.464. The van der Waals surface area contributed by atoms with Crippen LogP contribution >= 0.6 is 0 Å². The summed E-state index contributed by atoms with van der Waals surface area (Å²) in [6, 6.07) is 0. The third kappa shape index (κ3) is 3.37. The summed E-state index contributed by atoms with van der Waals surface area (Å²) in [7, 11) is 0. The number of aromatic nitrogens is 2. The minimum Gasteiger partial charge on any atom is -0.338 e. The van der Waals surface area contributed by atoms with Gasteiger partial charge in [-0.3, -0.25) is 4.90 Å². The second-order valence-electron chi connectivity index (χ2n) is 6.53. The van der Waals surface area contributed by atoms with Gasteiger partial charge in [0, 0.05) is 39.3 Å². The van der Waals surface area contributed by atoms with Crippen molar-refractivity contribution in [2.75, 3.05) is 45.8 Å². The normalized spacial score (nSPS) is 29.1. The fourth-order valence-corrected chi connectivity index (χ4v) is 3.24. The van der Waals surface area contributed by atoms with Crippen molar-refractivity contribution in [2.24, 2.45) is 5.41 Å². The molecule has 0 amide bonds. The van der Waals surface area contributed by atoms with Gasteiger partial charge < -0.3 is 14.7 Å². The molecule has 6 nitrogen and oxygen atoms in total. The molecular weight excluding hydrogens is 254 g/mol. The van der Waals surface area contributed by atoms with Crippen molar-refractivity contribution in [3.63, 3.8) is 0 Å². The summed E-state index contributed by atoms with van der Waals surface area (Å²) in [5, 5.41) is 7.33.